The number of nitrogens with one attached hydrogen (secondary N) is 3. The Morgan fingerprint density at radius 2 is 1.96 bits per heavy atom. The van der Waals surface area contributed by atoms with Crippen molar-refractivity contribution in [3.8, 4) is 0 Å². The van der Waals surface area contributed by atoms with Gasteiger partial charge in [0.1, 0.15) is 18.7 Å². The number of hydrogen-bond donors (Lipinski definition) is 3. The fourth-order valence-electron chi connectivity index (χ4n) is 2.24. The van der Waals surface area contributed by atoms with E-state index in [1.54, 1.807) is 4.68 Å². The quantitative estimate of drug-likeness (QED) is 0.325. The molecule has 0 spiro atoms. The van der Waals surface area contributed by atoms with Crippen molar-refractivity contribution in [2.24, 2.45) is 12.0 Å². The monoisotopic (exact) mass is 471 g/mol. The van der Waals surface area contributed by atoms with E-state index in [0.717, 1.165) is 37.0 Å². The largest absolute Gasteiger partial charge is 0.357 e. The summed E-state index contributed by atoms with van der Waals surface area (Å²) in [6.45, 7) is 5.54. The second-order valence-corrected chi connectivity index (χ2v) is 5.55. The predicted molar refractivity (Wildman–Crippen MR) is 114 cm³/mol. The molecule has 1 aromatic heterocycles. The number of guanidine groups is 1. The van der Waals surface area contributed by atoms with Gasteiger partial charge >= 0.3 is 0 Å². The number of carbonyl (C=O) groups excluding carboxylic acids is 1. The minimum absolute atomic E-state index is 0. The second kappa shape index (κ2) is 11.4. The lowest BCUT2D eigenvalue weighted by Crippen LogP contribution is -2.38. The Balaban J connectivity index is 0.00000338. The minimum Gasteiger partial charge on any atom is -0.357 e. The second-order valence-electron chi connectivity index (χ2n) is 5.55. The Morgan fingerprint density at radius 1 is 1.23 bits per heavy atom. The van der Waals surface area contributed by atoms with E-state index in [4.69, 9.17) is 0 Å². The van der Waals surface area contributed by atoms with Crippen LogP contribution in [0, 0.1) is 0 Å². The number of aryl methyl sites for hydroxylation is 1. The van der Waals surface area contributed by atoms with E-state index in [0.29, 0.717) is 6.54 Å². The fourth-order valence-corrected chi connectivity index (χ4v) is 2.24. The maximum absolute atomic E-state index is 11.0. The highest BCUT2D eigenvalue weighted by atomic mass is 127. The van der Waals surface area contributed by atoms with Crippen LogP contribution in [0.15, 0.2) is 35.6 Å². The number of benzene rings is 1. The van der Waals surface area contributed by atoms with Gasteiger partial charge in [0.15, 0.2) is 5.96 Å². The molecule has 1 amide bonds. The standard InChI is InChI=1S/C17H25N7O.HI/c1-4-18-17(20-11-16-21-12-22-24(16)3)19-10-9-14-5-7-15(8-6-14)23-13(2)25;/h5-8,12H,4,9-11H2,1-3H3,(H,23,25)(H2,18,19,20);1H. The smallest absolute Gasteiger partial charge is 0.221 e. The summed E-state index contributed by atoms with van der Waals surface area (Å²) in [5.74, 6) is 1.50. The van der Waals surface area contributed by atoms with Crippen molar-refractivity contribution in [1.82, 2.24) is 25.4 Å². The summed E-state index contributed by atoms with van der Waals surface area (Å²) >= 11 is 0. The van der Waals surface area contributed by atoms with Crippen molar-refractivity contribution in [2.45, 2.75) is 26.8 Å². The maximum atomic E-state index is 11.0. The van der Waals surface area contributed by atoms with E-state index < -0.39 is 0 Å². The highest BCUT2D eigenvalue weighted by molar-refractivity contribution is 14.0. The van der Waals surface area contributed by atoms with Gasteiger partial charge in [-0.05, 0) is 31.0 Å². The third-order valence-corrected chi connectivity index (χ3v) is 3.51. The lowest BCUT2D eigenvalue weighted by Gasteiger charge is -2.11. The zero-order chi connectivity index (χ0) is 18.1. The van der Waals surface area contributed by atoms with E-state index in [9.17, 15) is 4.79 Å². The molecule has 142 valence electrons. The molecule has 1 aromatic carbocycles. The normalized spacial score (nSPS) is 10.8. The van der Waals surface area contributed by atoms with Crippen molar-refractivity contribution in [1.29, 1.82) is 0 Å². The molecule has 1 heterocycles. The third kappa shape index (κ3) is 7.38. The number of amides is 1. The molecule has 2 rings (SSSR count). The molecule has 0 atom stereocenters. The Hall–Kier alpha value is -2.17. The van der Waals surface area contributed by atoms with Crippen molar-refractivity contribution < 1.29 is 4.79 Å². The third-order valence-electron chi connectivity index (χ3n) is 3.51. The summed E-state index contributed by atoms with van der Waals surface area (Å²) in [4.78, 5) is 19.7. The molecule has 2 aromatic rings. The van der Waals surface area contributed by atoms with Gasteiger partial charge < -0.3 is 16.0 Å². The molecule has 0 aliphatic carbocycles. The van der Waals surface area contributed by atoms with Crippen LogP contribution in [0.25, 0.3) is 0 Å². The van der Waals surface area contributed by atoms with Crippen LogP contribution in [0.4, 0.5) is 5.69 Å². The van der Waals surface area contributed by atoms with Crippen LogP contribution in [0.3, 0.4) is 0 Å². The first kappa shape index (κ1) is 21.9. The van der Waals surface area contributed by atoms with Gasteiger partial charge in [-0.1, -0.05) is 12.1 Å². The van der Waals surface area contributed by atoms with E-state index >= 15 is 0 Å². The van der Waals surface area contributed by atoms with Gasteiger partial charge in [-0.15, -0.1) is 24.0 Å². The van der Waals surface area contributed by atoms with E-state index in [1.807, 2.05) is 38.2 Å². The summed E-state index contributed by atoms with van der Waals surface area (Å²) in [5.41, 5.74) is 1.99. The van der Waals surface area contributed by atoms with Crippen LogP contribution in [0.1, 0.15) is 25.2 Å². The van der Waals surface area contributed by atoms with Crippen molar-refractivity contribution >= 4 is 41.5 Å². The number of aromatic nitrogens is 3. The van der Waals surface area contributed by atoms with E-state index in [1.165, 1.54) is 18.8 Å². The first-order chi connectivity index (χ1) is 12.1. The van der Waals surface area contributed by atoms with Crippen LogP contribution in [-0.4, -0.2) is 39.7 Å². The summed E-state index contributed by atoms with van der Waals surface area (Å²) in [6, 6.07) is 7.83. The molecule has 0 saturated carbocycles. The molecule has 0 saturated heterocycles. The van der Waals surface area contributed by atoms with Gasteiger partial charge in [0, 0.05) is 32.7 Å². The fraction of sp³-hybridized carbons (Fsp3) is 0.412. The van der Waals surface area contributed by atoms with E-state index in [2.05, 4.69) is 31.0 Å². The number of aliphatic imine (C=N–C) groups is 1. The summed E-state index contributed by atoms with van der Waals surface area (Å²) in [7, 11) is 1.85. The number of halogens is 1. The zero-order valence-electron chi connectivity index (χ0n) is 15.3. The van der Waals surface area contributed by atoms with Crippen molar-refractivity contribution in [2.75, 3.05) is 18.4 Å². The Morgan fingerprint density at radius 3 is 2.54 bits per heavy atom. The Bertz CT molecular complexity index is 712. The first-order valence-corrected chi connectivity index (χ1v) is 8.30. The number of hydrogen-bond acceptors (Lipinski definition) is 4. The van der Waals surface area contributed by atoms with Gasteiger partial charge in [-0.3, -0.25) is 9.48 Å². The number of carbonyl (C=O) groups is 1. The Labute approximate surface area is 170 Å². The van der Waals surface area contributed by atoms with Gasteiger partial charge in [-0.2, -0.15) is 5.10 Å². The van der Waals surface area contributed by atoms with Crippen LogP contribution in [0.5, 0.6) is 0 Å². The molecule has 0 aliphatic heterocycles. The number of rotatable bonds is 7. The molecule has 26 heavy (non-hydrogen) atoms. The molecule has 0 bridgehead atoms. The average Bonchev–Trinajstić information content (AvgIpc) is 2.99. The van der Waals surface area contributed by atoms with Crippen molar-refractivity contribution in [3.05, 3.63) is 42.0 Å². The van der Waals surface area contributed by atoms with Gasteiger partial charge in [-0.25, -0.2) is 9.98 Å². The predicted octanol–water partition coefficient (Wildman–Crippen LogP) is 1.69. The summed E-state index contributed by atoms with van der Waals surface area (Å²) in [5, 5.41) is 13.3. The first-order valence-electron chi connectivity index (χ1n) is 8.30. The van der Waals surface area contributed by atoms with Crippen LogP contribution in [-0.2, 0) is 24.8 Å². The lowest BCUT2D eigenvalue weighted by molar-refractivity contribution is -0.114. The van der Waals surface area contributed by atoms with Gasteiger partial charge in [0.05, 0.1) is 0 Å². The number of nitrogens with zero attached hydrogens (tertiary/aromatic N) is 4. The van der Waals surface area contributed by atoms with Gasteiger partial charge in [0.25, 0.3) is 0 Å². The SMILES string of the molecule is CCNC(=NCc1ncnn1C)NCCc1ccc(NC(C)=O)cc1.I. The Kier molecular flexibility index (Phi) is 9.63. The molecule has 0 radical (unpaired) electrons. The molecule has 8 nitrogen and oxygen atoms in total. The van der Waals surface area contributed by atoms with Crippen LogP contribution in [0.2, 0.25) is 0 Å². The highest BCUT2D eigenvalue weighted by Crippen LogP contribution is 2.09. The topological polar surface area (TPSA) is 96.2 Å². The summed E-state index contributed by atoms with van der Waals surface area (Å²) < 4.78 is 1.71. The maximum Gasteiger partial charge on any atom is 0.221 e. The van der Waals surface area contributed by atoms with Crippen molar-refractivity contribution in [3.63, 3.8) is 0 Å². The molecule has 0 fully saturated rings. The molecular formula is C17H26IN7O. The van der Waals surface area contributed by atoms with Crippen LogP contribution < -0.4 is 16.0 Å². The van der Waals surface area contributed by atoms with Crippen LogP contribution >= 0.6 is 24.0 Å². The average molecular weight is 471 g/mol. The zero-order valence-corrected chi connectivity index (χ0v) is 17.7. The van der Waals surface area contributed by atoms with Gasteiger partial charge in [0.2, 0.25) is 5.91 Å². The molecular weight excluding hydrogens is 445 g/mol. The van der Waals surface area contributed by atoms with E-state index in [-0.39, 0.29) is 29.9 Å². The summed E-state index contributed by atoms with van der Waals surface area (Å²) in [6.07, 6.45) is 2.38. The highest BCUT2D eigenvalue weighted by Gasteiger charge is 2.02. The molecule has 9 heteroatoms. The minimum atomic E-state index is -0.0659. The number of anilines is 1. The molecule has 3 N–H and O–H groups in total. The molecule has 0 unspecified atom stereocenters. The molecule has 0 aliphatic rings. The lowest BCUT2D eigenvalue weighted by atomic mass is 10.1.